The fourth-order valence-corrected chi connectivity index (χ4v) is 5.14. The minimum Gasteiger partial charge on any atom is -0.341 e. The van der Waals surface area contributed by atoms with Gasteiger partial charge in [-0.25, -0.2) is 9.97 Å². The van der Waals surface area contributed by atoms with Crippen LogP contribution < -0.4 is 10.4 Å². The minimum absolute atomic E-state index is 0.0213. The molecule has 0 aromatic carbocycles. The molecule has 2 aliphatic rings. The van der Waals surface area contributed by atoms with Gasteiger partial charge in [0.2, 0.25) is 5.91 Å². The Bertz CT molecular complexity index is 1090. The molecule has 28 heavy (non-hydrogen) atoms. The summed E-state index contributed by atoms with van der Waals surface area (Å²) < 4.78 is 2.24. The molecule has 2 N–H and O–H groups in total. The molecule has 3 aromatic heterocycles. The summed E-state index contributed by atoms with van der Waals surface area (Å²) in [6, 6.07) is 3.83. The molecule has 6 heteroatoms. The van der Waals surface area contributed by atoms with Crippen LogP contribution in [0.1, 0.15) is 45.1 Å². The fourth-order valence-electron chi connectivity index (χ4n) is 5.14. The third-order valence-electron chi connectivity index (χ3n) is 6.82. The van der Waals surface area contributed by atoms with Crippen LogP contribution >= 0.6 is 0 Å². The van der Waals surface area contributed by atoms with Gasteiger partial charge in [-0.15, -0.1) is 0 Å². The number of H-pyrrole nitrogens is 2. The quantitative estimate of drug-likeness (QED) is 0.744. The summed E-state index contributed by atoms with van der Waals surface area (Å²) in [4.78, 5) is 34.0. The summed E-state index contributed by atoms with van der Waals surface area (Å²) >= 11 is 0. The number of aromatic amines is 2. The van der Waals surface area contributed by atoms with Crippen LogP contribution in [-0.4, -0.2) is 33.4 Å². The zero-order valence-electron chi connectivity index (χ0n) is 16.3. The number of piperidine rings is 1. The molecule has 1 saturated carbocycles. The summed E-state index contributed by atoms with van der Waals surface area (Å²) in [5, 5.41) is 1.71. The van der Waals surface area contributed by atoms with Gasteiger partial charge in [0, 0.05) is 31.3 Å². The molecule has 3 aromatic rings. The van der Waals surface area contributed by atoms with Gasteiger partial charge in [0.1, 0.15) is 6.20 Å². The van der Waals surface area contributed by atoms with Gasteiger partial charge in [-0.2, -0.15) is 0 Å². The van der Waals surface area contributed by atoms with E-state index in [0.29, 0.717) is 17.2 Å². The Hall–Kier alpha value is -2.63. The van der Waals surface area contributed by atoms with Crippen molar-refractivity contribution < 1.29 is 9.78 Å². The Labute approximate surface area is 163 Å². The first-order chi connectivity index (χ1) is 13.6. The van der Waals surface area contributed by atoms with Crippen molar-refractivity contribution in [2.75, 3.05) is 13.1 Å². The third kappa shape index (κ3) is 2.74. The van der Waals surface area contributed by atoms with Crippen molar-refractivity contribution in [1.29, 1.82) is 0 Å². The maximum atomic E-state index is 13.0. The number of rotatable bonds is 2. The normalized spacial score (nSPS) is 23.7. The topological polar surface area (TPSA) is 72.2 Å². The number of nitrogens with zero attached hydrogens (tertiary/aromatic N) is 2. The van der Waals surface area contributed by atoms with Crippen molar-refractivity contribution in [3.8, 4) is 0 Å². The van der Waals surface area contributed by atoms with E-state index in [1.807, 2.05) is 18.5 Å². The molecule has 0 unspecified atom stereocenters. The second kappa shape index (κ2) is 6.76. The van der Waals surface area contributed by atoms with Crippen LogP contribution in [-0.2, 0) is 4.79 Å². The SMILES string of the molecule is C[C@@H]1CCN(C(=O)C2CCCC2)C[C@@H]1n1ccc(=O)c2c[nH+]c3[nH]ccc3c21. The molecule has 2 atom stereocenters. The molecule has 146 valence electrons. The first-order valence-corrected chi connectivity index (χ1v) is 10.4. The van der Waals surface area contributed by atoms with Gasteiger partial charge in [0.15, 0.2) is 5.43 Å². The number of carbonyl (C=O) groups excluding carboxylic acids is 1. The largest absolute Gasteiger partial charge is 0.341 e. The third-order valence-corrected chi connectivity index (χ3v) is 6.82. The predicted octanol–water partition coefficient (Wildman–Crippen LogP) is 2.90. The van der Waals surface area contributed by atoms with Crippen LogP contribution in [0, 0.1) is 11.8 Å². The highest BCUT2D eigenvalue weighted by Gasteiger charge is 2.34. The van der Waals surface area contributed by atoms with Crippen LogP contribution in [0.2, 0.25) is 0 Å². The Morgan fingerprint density at radius 1 is 1.18 bits per heavy atom. The zero-order chi connectivity index (χ0) is 19.3. The Morgan fingerprint density at radius 2 is 2.00 bits per heavy atom. The molecule has 0 radical (unpaired) electrons. The molecule has 0 bridgehead atoms. The molecule has 4 heterocycles. The fraction of sp³-hybridized carbons (Fsp3) is 0.500. The predicted molar refractivity (Wildman–Crippen MR) is 108 cm³/mol. The monoisotopic (exact) mass is 379 g/mol. The molecule has 1 aliphatic carbocycles. The highest BCUT2D eigenvalue weighted by atomic mass is 16.2. The number of fused-ring (bicyclic) bond motifs is 3. The van der Waals surface area contributed by atoms with E-state index in [2.05, 4.69) is 26.4 Å². The van der Waals surface area contributed by atoms with Crippen LogP contribution in [0.4, 0.5) is 0 Å². The lowest BCUT2D eigenvalue weighted by molar-refractivity contribution is -0.345. The lowest BCUT2D eigenvalue weighted by Crippen LogP contribution is -2.46. The summed E-state index contributed by atoms with van der Waals surface area (Å²) in [6.07, 6.45) is 11.0. The van der Waals surface area contributed by atoms with Crippen molar-refractivity contribution in [1.82, 2.24) is 14.5 Å². The molecular formula is C22H27N4O2+. The Balaban J connectivity index is 1.58. The smallest absolute Gasteiger partial charge is 0.286 e. The number of hydrogen-bond donors (Lipinski definition) is 1. The first kappa shape index (κ1) is 17.5. The van der Waals surface area contributed by atoms with Gasteiger partial charge in [-0.3, -0.25) is 9.59 Å². The van der Waals surface area contributed by atoms with Gasteiger partial charge in [-0.1, -0.05) is 19.8 Å². The summed E-state index contributed by atoms with van der Waals surface area (Å²) in [5.74, 6) is 0.988. The second-order valence-electron chi connectivity index (χ2n) is 8.50. The van der Waals surface area contributed by atoms with Crippen molar-refractivity contribution in [2.45, 2.75) is 45.1 Å². The van der Waals surface area contributed by atoms with Crippen molar-refractivity contribution in [3.05, 3.63) is 40.9 Å². The van der Waals surface area contributed by atoms with Gasteiger partial charge in [-0.05, 0) is 31.2 Å². The molecule has 0 spiro atoms. The van der Waals surface area contributed by atoms with Crippen LogP contribution in [0.25, 0.3) is 21.9 Å². The van der Waals surface area contributed by atoms with E-state index in [1.165, 1.54) is 12.8 Å². The highest BCUT2D eigenvalue weighted by molar-refractivity contribution is 6.00. The number of hydrogen-bond acceptors (Lipinski definition) is 2. The van der Waals surface area contributed by atoms with E-state index in [-0.39, 0.29) is 17.4 Å². The summed E-state index contributed by atoms with van der Waals surface area (Å²) in [7, 11) is 0. The number of amides is 1. The average Bonchev–Trinajstić information content (AvgIpc) is 3.40. The lowest BCUT2D eigenvalue weighted by Gasteiger charge is -2.39. The molecule has 1 aliphatic heterocycles. The molecule has 1 saturated heterocycles. The molecule has 2 fully saturated rings. The van der Waals surface area contributed by atoms with E-state index in [9.17, 15) is 9.59 Å². The minimum atomic E-state index is 0.0213. The number of carbonyl (C=O) groups is 1. The van der Waals surface area contributed by atoms with Crippen LogP contribution in [0.3, 0.4) is 0 Å². The average molecular weight is 379 g/mol. The van der Waals surface area contributed by atoms with Crippen molar-refractivity contribution in [3.63, 3.8) is 0 Å². The van der Waals surface area contributed by atoms with Gasteiger partial charge < -0.3 is 9.47 Å². The lowest BCUT2D eigenvalue weighted by atomic mass is 9.91. The number of nitrogens with one attached hydrogen (secondary N) is 2. The number of likely N-dealkylation sites (tertiary alicyclic amines) is 1. The zero-order valence-corrected chi connectivity index (χ0v) is 16.3. The van der Waals surface area contributed by atoms with Gasteiger partial charge >= 0.3 is 0 Å². The second-order valence-corrected chi connectivity index (χ2v) is 8.50. The van der Waals surface area contributed by atoms with E-state index in [4.69, 9.17) is 0 Å². The van der Waals surface area contributed by atoms with Gasteiger partial charge in [0.25, 0.3) is 5.65 Å². The molecule has 5 rings (SSSR count). The summed E-state index contributed by atoms with van der Waals surface area (Å²) in [6.45, 7) is 3.83. The van der Waals surface area contributed by atoms with Crippen LogP contribution in [0.15, 0.2) is 35.5 Å². The Kier molecular flexibility index (Phi) is 4.22. The molecular weight excluding hydrogens is 352 g/mol. The van der Waals surface area contributed by atoms with Crippen molar-refractivity contribution in [2.24, 2.45) is 11.8 Å². The number of aromatic nitrogens is 3. The van der Waals surface area contributed by atoms with Gasteiger partial charge in [0.05, 0.1) is 28.5 Å². The molecule has 6 nitrogen and oxygen atoms in total. The first-order valence-electron chi connectivity index (χ1n) is 10.4. The van der Waals surface area contributed by atoms with E-state index < -0.39 is 0 Å². The van der Waals surface area contributed by atoms with Crippen LogP contribution in [0.5, 0.6) is 0 Å². The highest BCUT2D eigenvalue weighted by Crippen LogP contribution is 2.34. The standard InChI is InChI=1S/C22H26N4O2/c1-14-7-10-25(22(28)15-4-2-3-5-15)13-18(14)26-11-8-19(27)17-12-24-21-16(20(17)26)6-9-23-21/h6,8-9,11-12,14-15,18H,2-5,7,10,13H2,1H3,(H,23,24)/p+1/t14-,18+/m1/s1. The number of pyridine rings is 2. The van der Waals surface area contributed by atoms with E-state index in [0.717, 1.165) is 48.9 Å². The molecule has 1 amide bonds. The van der Waals surface area contributed by atoms with E-state index in [1.54, 1.807) is 12.3 Å². The van der Waals surface area contributed by atoms with E-state index >= 15 is 0 Å². The summed E-state index contributed by atoms with van der Waals surface area (Å²) in [5.41, 5.74) is 1.89. The maximum absolute atomic E-state index is 13.0. The Morgan fingerprint density at radius 3 is 2.82 bits per heavy atom. The van der Waals surface area contributed by atoms with Crippen molar-refractivity contribution >= 4 is 27.8 Å². The maximum Gasteiger partial charge on any atom is 0.286 e.